The van der Waals surface area contributed by atoms with Crippen molar-refractivity contribution in [1.29, 1.82) is 0 Å². The van der Waals surface area contributed by atoms with Crippen molar-refractivity contribution in [3.8, 4) is 0 Å². The monoisotopic (exact) mass is 246 g/mol. The number of ether oxygens (including phenoxy) is 1. The maximum Gasteiger partial charge on any atom is 0.303 e. The highest BCUT2D eigenvalue weighted by atomic mass is 16.5. The van der Waals surface area contributed by atoms with Crippen LogP contribution in [-0.4, -0.2) is 23.7 Å². The number of carboxylic acid groups (broad SMARTS) is 1. The van der Waals surface area contributed by atoms with Crippen LogP contribution in [0.3, 0.4) is 0 Å². The number of aliphatic carboxylic acids is 1. The lowest BCUT2D eigenvalue weighted by Gasteiger charge is -2.01. The Morgan fingerprint density at radius 1 is 1.00 bits per heavy atom. The predicted molar refractivity (Wildman–Crippen MR) is 67.9 cm³/mol. The lowest BCUT2D eigenvalue weighted by Crippen LogP contribution is -1.99. The third-order valence-electron chi connectivity index (χ3n) is 2.11. The first kappa shape index (κ1) is 18.3. The molecule has 0 aromatic carbocycles. The van der Waals surface area contributed by atoms with Crippen molar-refractivity contribution >= 4 is 11.9 Å². The summed E-state index contributed by atoms with van der Waals surface area (Å²) in [5.41, 5.74) is 0. The van der Waals surface area contributed by atoms with E-state index in [1.165, 1.54) is 39.0 Å². The van der Waals surface area contributed by atoms with Gasteiger partial charge in [-0.15, -0.1) is 0 Å². The van der Waals surface area contributed by atoms with Crippen molar-refractivity contribution in [2.45, 2.75) is 65.7 Å². The highest BCUT2D eigenvalue weighted by Gasteiger charge is 1.92. The van der Waals surface area contributed by atoms with Crippen LogP contribution < -0.4 is 0 Å². The van der Waals surface area contributed by atoms with Gasteiger partial charge in [-0.2, -0.15) is 0 Å². The Labute approximate surface area is 104 Å². The van der Waals surface area contributed by atoms with Crippen molar-refractivity contribution in [1.82, 2.24) is 0 Å². The summed E-state index contributed by atoms with van der Waals surface area (Å²) < 4.78 is 4.81. The van der Waals surface area contributed by atoms with Gasteiger partial charge in [-0.05, 0) is 6.42 Å². The van der Waals surface area contributed by atoms with E-state index in [1.54, 1.807) is 6.92 Å². The molecule has 1 N–H and O–H groups in total. The summed E-state index contributed by atoms with van der Waals surface area (Å²) in [6.45, 7) is 5.86. The van der Waals surface area contributed by atoms with Gasteiger partial charge in [0.05, 0.1) is 6.61 Å². The standard InChI is InChI=1S/C10H20O2.C3H6O2/c1-3-4-5-6-7-8-9-12-10(2)11;1-2-3(4)5/h3-9H2,1-2H3;2H2,1H3,(H,4,5). The largest absolute Gasteiger partial charge is 0.481 e. The predicted octanol–water partition coefficient (Wildman–Crippen LogP) is 3.39. The quantitative estimate of drug-likeness (QED) is 0.526. The van der Waals surface area contributed by atoms with Gasteiger partial charge in [0.25, 0.3) is 0 Å². The molecule has 0 saturated carbocycles. The molecule has 0 spiro atoms. The Morgan fingerprint density at radius 2 is 1.47 bits per heavy atom. The van der Waals surface area contributed by atoms with E-state index in [-0.39, 0.29) is 12.4 Å². The number of esters is 1. The zero-order valence-electron chi connectivity index (χ0n) is 11.3. The first-order valence-corrected chi connectivity index (χ1v) is 6.39. The Hall–Kier alpha value is -1.06. The third-order valence-corrected chi connectivity index (χ3v) is 2.11. The number of rotatable bonds is 8. The molecular formula is C13H26O4. The van der Waals surface area contributed by atoms with Gasteiger partial charge in [0.15, 0.2) is 0 Å². The van der Waals surface area contributed by atoms with Gasteiger partial charge in [0, 0.05) is 13.3 Å². The topological polar surface area (TPSA) is 63.6 Å². The second-order valence-electron chi connectivity index (χ2n) is 3.86. The average Bonchev–Trinajstić information content (AvgIpc) is 2.28. The molecule has 0 rings (SSSR count). The van der Waals surface area contributed by atoms with Gasteiger partial charge in [0.1, 0.15) is 0 Å². The summed E-state index contributed by atoms with van der Waals surface area (Å²) in [7, 11) is 0. The Kier molecular flexibility index (Phi) is 16.1. The maximum atomic E-state index is 10.4. The second-order valence-corrected chi connectivity index (χ2v) is 3.86. The molecule has 0 aliphatic carbocycles. The van der Waals surface area contributed by atoms with Crippen molar-refractivity contribution in [2.75, 3.05) is 6.61 Å². The van der Waals surface area contributed by atoms with Crippen LogP contribution in [0.25, 0.3) is 0 Å². The molecule has 0 unspecified atom stereocenters. The minimum atomic E-state index is -0.745. The molecule has 4 nitrogen and oxygen atoms in total. The van der Waals surface area contributed by atoms with Crippen LogP contribution in [0.1, 0.15) is 65.7 Å². The number of unbranched alkanes of at least 4 members (excludes halogenated alkanes) is 5. The van der Waals surface area contributed by atoms with E-state index >= 15 is 0 Å². The SMILES string of the molecule is CCC(=O)O.CCCCCCCCOC(C)=O. The smallest absolute Gasteiger partial charge is 0.303 e. The van der Waals surface area contributed by atoms with Gasteiger partial charge >= 0.3 is 11.9 Å². The van der Waals surface area contributed by atoms with Crippen LogP contribution in [0.4, 0.5) is 0 Å². The summed E-state index contributed by atoms with van der Waals surface area (Å²) in [6.07, 6.45) is 7.62. The summed E-state index contributed by atoms with van der Waals surface area (Å²) in [6, 6.07) is 0. The normalized spacial score (nSPS) is 9.12. The molecule has 0 aromatic heterocycles. The number of hydrogen-bond acceptors (Lipinski definition) is 3. The molecule has 102 valence electrons. The highest BCUT2D eigenvalue weighted by molar-refractivity contribution is 5.66. The Bertz CT molecular complexity index is 190. The van der Waals surface area contributed by atoms with Gasteiger partial charge in [-0.1, -0.05) is 46.0 Å². The Balaban J connectivity index is 0. The number of carboxylic acids is 1. The minimum absolute atomic E-state index is 0.163. The number of carbonyl (C=O) groups is 2. The van der Waals surface area contributed by atoms with Crippen molar-refractivity contribution < 1.29 is 19.4 Å². The van der Waals surface area contributed by atoms with Crippen LogP contribution in [0.2, 0.25) is 0 Å². The van der Waals surface area contributed by atoms with Crippen LogP contribution in [0.5, 0.6) is 0 Å². The van der Waals surface area contributed by atoms with Crippen LogP contribution in [0.15, 0.2) is 0 Å². The first-order chi connectivity index (χ1) is 8.04. The summed E-state index contributed by atoms with van der Waals surface area (Å²) in [5.74, 6) is -0.909. The van der Waals surface area contributed by atoms with E-state index in [0.717, 1.165) is 6.42 Å². The van der Waals surface area contributed by atoms with E-state index < -0.39 is 5.97 Å². The van der Waals surface area contributed by atoms with Crippen LogP contribution in [0, 0.1) is 0 Å². The fourth-order valence-corrected chi connectivity index (χ4v) is 1.10. The van der Waals surface area contributed by atoms with Gasteiger partial charge in [-0.3, -0.25) is 9.59 Å². The second kappa shape index (κ2) is 14.9. The van der Waals surface area contributed by atoms with Crippen molar-refractivity contribution in [3.05, 3.63) is 0 Å². The molecule has 0 bridgehead atoms. The average molecular weight is 246 g/mol. The fraction of sp³-hybridized carbons (Fsp3) is 0.846. The molecule has 0 aromatic rings. The minimum Gasteiger partial charge on any atom is -0.481 e. The van der Waals surface area contributed by atoms with Crippen molar-refractivity contribution in [2.24, 2.45) is 0 Å². The lowest BCUT2D eigenvalue weighted by atomic mass is 10.1. The molecule has 0 fully saturated rings. The molecule has 0 atom stereocenters. The van der Waals surface area contributed by atoms with Crippen molar-refractivity contribution in [3.63, 3.8) is 0 Å². The van der Waals surface area contributed by atoms with E-state index in [2.05, 4.69) is 6.92 Å². The molecule has 0 saturated heterocycles. The van der Waals surface area contributed by atoms with Crippen LogP contribution in [-0.2, 0) is 14.3 Å². The molecule has 0 amide bonds. The summed E-state index contributed by atoms with van der Waals surface area (Å²) >= 11 is 0. The molecule has 0 aliphatic rings. The van der Waals surface area contributed by atoms with Gasteiger partial charge in [-0.25, -0.2) is 0 Å². The van der Waals surface area contributed by atoms with Crippen LogP contribution >= 0.6 is 0 Å². The molecule has 4 heteroatoms. The molecular weight excluding hydrogens is 220 g/mol. The van der Waals surface area contributed by atoms with E-state index in [4.69, 9.17) is 9.84 Å². The molecule has 0 heterocycles. The zero-order chi connectivity index (χ0) is 13.5. The number of hydrogen-bond donors (Lipinski definition) is 1. The summed E-state index contributed by atoms with van der Waals surface area (Å²) in [4.78, 5) is 19.7. The third kappa shape index (κ3) is 25.3. The lowest BCUT2D eigenvalue weighted by molar-refractivity contribution is -0.141. The van der Waals surface area contributed by atoms with E-state index in [9.17, 15) is 9.59 Å². The summed E-state index contributed by atoms with van der Waals surface area (Å²) in [5, 5.41) is 7.72. The highest BCUT2D eigenvalue weighted by Crippen LogP contribution is 2.04. The Morgan fingerprint density at radius 3 is 1.88 bits per heavy atom. The van der Waals surface area contributed by atoms with Gasteiger partial charge in [0.2, 0.25) is 0 Å². The van der Waals surface area contributed by atoms with Gasteiger partial charge < -0.3 is 9.84 Å². The fourth-order valence-electron chi connectivity index (χ4n) is 1.10. The molecule has 17 heavy (non-hydrogen) atoms. The van der Waals surface area contributed by atoms with E-state index in [1.807, 2.05) is 0 Å². The molecule has 0 radical (unpaired) electrons. The van der Waals surface area contributed by atoms with E-state index in [0.29, 0.717) is 6.61 Å². The first-order valence-electron chi connectivity index (χ1n) is 6.39. The number of carbonyl (C=O) groups excluding carboxylic acids is 1. The zero-order valence-corrected chi connectivity index (χ0v) is 11.3. The molecule has 0 aliphatic heterocycles. The maximum absolute atomic E-state index is 10.4.